The number of benzene rings is 1. The number of nitrogens with one attached hydrogen (secondary N) is 1. The summed E-state index contributed by atoms with van der Waals surface area (Å²) in [6.45, 7) is 9.28. The molecule has 1 N–H and O–H groups in total. The zero-order valence-corrected chi connectivity index (χ0v) is 14.2. The molecule has 0 aromatic heterocycles. The number of piperidine rings is 1. The summed E-state index contributed by atoms with van der Waals surface area (Å²) in [5.41, 5.74) is 2.91. The van der Waals surface area contributed by atoms with Gasteiger partial charge in [0.2, 0.25) is 0 Å². The first-order valence-electron chi connectivity index (χ1n) is 8.63. The van der Waals surface area contributed by atoms with Crippen LogP contribution in [0.15, 0.2) is 24.3 Å². The lowest BCUT2D eigenvalue weighted by Crippen LogP contribution is -2.42. The van der Waals surface area contributed by atoms with Crippen LogP contribution < -0.4 is 5.32 Å². The molecule has 1 heterocycles. The largest absolute Gasteiger partial charge is 0.320 e. The molecule has 1 fully saturated rings. The first-order chi connectivity index (χ1) is 10.1. The molecule has 118 valence electrons. The predicted molar refractivity (Wildman–Crippen MR) is 91.8 cm³/mol. The van der Waals surface area contributed by atoms with Crippen LogP contribution in [0, 0.1) is 0 Å². The molecule has 1 saturated heterocycles. The Morgan fingerprint density at radius 1 is 1.10 bits per heavy atom. The molecule has 2 unspecified atom stereocenters. The molecular weight excluding hydrogens is 256 g/mol. The SMILES string of the molecule is CNCCC1CCCCN1C(C)c1ccc(C(C)C)cc1. The van der Waals surface area contributed by atoms with E-state index < -0.39 is 0 Å². The Kier molecular flexibility index (Phi) is 6.25. The van der Waals surface area contributed by atoms with E-state index in [4.69, 9.17) is 0 Å². The lowest BCUT2D eigenvalue weighted by molar-refractivity contribution is 0.0971. The van der Waals surface area contributed by atoms with Gasteiger partial charge in [0, 0.05) is 12.1 Å². The Balaban J connectivity index is 2.06. The van der Waals surface area contributed by atoms with Crippen molar-refractivity contribution in [1.82, 2.24) is 10.2 Å². The molecule has 0 spiro atoms. The molecule has 1 aliphatic rings. The summed E-state index contributed by atoms with van der Waals surface area (Å²) in [7, 11) is 2.06. The van der Waals surface area contributed by atoms with E-state index in [1.165, 1.54) is 43.4 Å². The Morgan fingerprint density at radius 2 is 1.76 bits per heavy atom. The molecule has 0 aliphatic carbocycles. The molecule has 0 radical (unpaired) electrons. The lowest BCUT2D eigenvalue weighted by Gasteiger charge is -2.40. The van der Waals surface area contributed by atoms with Gasteiger partial charge in [-0.15, -0.1) is 0 Å². The number of likely N-dealkylation sites (tertiary alicyclic amines) is 1. The average molecular weight is 288 g/mol. The minimum atomic E-state index is 0.536. The van der Waals surface area contributed by atoms with Crippen LogP contribution in [0.5, 0.6) is 0 Å². The third-order valence-electron chi connectivity index (χ3n) is 4.98. The molecule has 0 bridgehead atoms. The van der Waals surface area contributed by atoms with Crippen molar-refractivity contribution in [2.45, 2.75) is 64.5 Å². The van der Waals surface area contributed by atoms with Gasteiger partial charge in [0.15, 0.2) is 0 Å². The molecule has 1 aromatic rings. The van der Waals surface area contributed by atoms with Gasteiger partial charge in [-0.1, -0.05) is 44.5 Å². The van der Waals surface area contributed by atoms with Gasteiger partial charge >= 0.3 is 0 Å². The van der Waals surface area contributed by atoms with Crippen LogP contribution in [0.25, 0.3) is 0 Å². The second-order valence-electron chi connectivity index (χ2n) is 6.78. The molecule has 1 aliphatic heterocycles. The molecule has 0 amide bonds. The summed E-state index contributed by atoms with van der Waals surface area (Å²) in [6, 6.07) is 10.6. The fourth-order valence-corrected chi connectivity index (χ4v) is 3.50. The van der Waals surface area contributed by atoms with Crippen molar-refractivity contribution in [3.05, 3.63) is 35.4 Å². The molecule has 2 atom stereocenters. The smallest absolute Gasteiger partial charge is 0.0322 e. The first kappa shape index (κ1) is 16.5. The number of hydrogen-bond donors (Lipinski definition) is 1. The summed E-state index contributed by atoms with van der Waals surface area (Å²) in [4.78, 5) is 2.73. The van der Waals surface area contributed by atoms with Crippen LogP contribution in [0.4, 0.5) is 0 Å². The normalized spacial score (nSPS) is 21.7. The quantitative estimate of drug-likeness (QED) is 0.838. The van der Waals surface area contributed by atoms with Crippen LogP contribution in [0.2, 0.25) is 0 Å². The van der Waals surface area contributed by atoms with Crippen LogP contribution in [-0.2, 0) is 0 Å². The Morgan fingerprint density at radius 3 is 2.38 bits per heavy atom. The predicted octanol–water partition coefficient (Wildman–Crippen LogP) is 4.34. The van der Waals surface area contributed by atoms with Crippen molar-refractivity contribution in [1.29, 1.82) is 0 Å². The third kappa shape index (κ3) is 4.31. The second kappa shape index (κ2) is 7.95. The van der Waals surface area contributed by atoms with Gasteiger partial charge in [-0.3, -0.25) is 4.90 Å². The van der Waals surface area contributed by atoms with Crippen LogP contribution in [-0.4, -0.2) is 31.1 Å². The number of nitrogens with zero attached hydrogens (tertiary/aromatic N) is 1. The van der Waals surface area contributed by atoms with E-state index in [-0.39, 0.29) is 0 Å². The highest BCUT2D eigenvalue weighted by molar-refractivity contribution is 5.26. The van der Waals surface area contributed by atoms with Gasteiger partial charge in [-0.2, -0.15) is 0 Å². The number of hydrogen-bond acceptors (Lipinski definition) is 2. The van der Waals surface area contributed by atoms with Crippen LogP contribution in [0.3, 0.4) is 0 Å². The van der Waals surface area contributed by atoms with Crippen LogP contribution in [0.1, 0.15) is 69.5 Å². The summed E-state index contributed by atoms with van der Waals surface area (Å²) in [6.07, 6.45) is 5.37. The van der Waals surface area contributed by atoms with Gasteiger partial charge in [-0.25, -0.2) is 0 Å². The van der Waals surface area contributed by atoms with Gasteiger partial charge in [0.05, 0.1) is 0 Å². The van der Waals surface area contributed by atoms with E-state index >= 15 is 0 Å². The third-order valence-corrected chi connectivity index (χ3v) is 4.98. The molecule has 21 heavy (non-hydrogen) atoms. The molecule has 2 rings (SSSR count). The summed E-state index contributed by atoms with van der Waals surface area (Å²) in [5, 5.41) is 3.31. The standard InChI is InChI=1S/C19H32N2/c1-15(2)17-8-10-18(11-9-17)16(3)21-14-6-5-7-19(21)12-13-20-4/h8-11,15-16,19-20H,5-7,12-14H2,1-4H3. The van der Waals surface area contributed by atoms with Crippen LogP contribution >= 0.6 is 0 Å². The zero-order valence-electron chi connectivity index (χ0n) is 14.2. The van der Waals surface area contributed by atoms with Crippen molar-refractivity contribution in [2.75, 3.05) is 20.1 Å². The minimum absolute atomic E-state index is 0.536. The summed E-state index contributed by atoms with van der Waals surface area (Å²) >= 11 is 0. The maximum absolute atomic E-state index is 3.31. The first-order valence-corrected chi connectivity index (χ1v) is 8.63. The van der Waals surface area contributed by atoms with Gasteiger partial charge in [-0.05, 0) is 63.4 Å². The van der Waals surface area contributed by atoms with Gasteiger partial charge in [0.1, 0.15) is 0 Å². The van der Waals surface area contributed by atoms with Crippen molar-refractivity contribution in [2.24, 2.45) is 0 Å². The highest BCUT2D eigenvalue weighted by Gasteiger charge is 2.26. The number of rotatable bonds is 6. The minimum Gasteiger partial charge on any atom is -0.320 e. The average Bonchev–Trinajstić information content (AvgIpc) is 2.52. The van der Waals surface area contributed by atoms with E-state index in [9.17, 15) is 0 Å². The Hall–Kier alpha value is -0.860. The van der Waals surface area contributed by atoms with E-state index in [1.807, 2.05) is 0 Å². The monoisotopic (exact) mass is 288 g/mol. The van der Waals surface area contributed by atoms with Gasteiger partial charge in [0.25, 0.3) is 0 Å². The van der Waals surface area contributed by atoms with E-state index in [1.54, 1.807) is 0 Å². The molecular formula is C19H32N2. The fraction of sp³-hybridized carbons (Fsp3) is 0.684. The lowest BCUT2D eigenvalue weighted by atomic mass is 9.94. The highest BCUT2D eigenvalue weighted by atomic mass is 15.2. The highest BCUT2D eigenvalue weighted by Crippen LogP contribution is 2.30. The summed E-state index contributed by atoms with van der Waals surface area (Å²) < 4.78 is 0. The van der Waals surface area contributed by atoms with Gasteiger partial charge < -0.3 is 5.32 Å². The van der Waals surface area contributed by atoms with Crippen molar-refractivity contribution >= 4 is 0 Å². The van der Waals surface area contributed by atoms with Crippen molar-refractivity contribution in [3.8, 4) is 0 Å². The summed E-state index contributed by atoms with van der Waals surface area (Å²) in [5.74, 6) is 0.618. The topological polar surface area (TPSA) is 15.3 Å². The Bertz CT molecular complexity index is 410. The zero-order chi connectivity index (χ0) is 15.2. The Labute approximate surface area is 130 Å². The van der Waals surface area contributed by atoms with Crippen molar-refractivity contribution < 1.29 is 0 Å². The molecule has 1 aromatic carbocycles. The maximum Gasteiger partial charge on any atom is 0.0322 e. The second-order valence-corrected chi connectivity index (χ2v) is 6.78. The maximum atomic E-state index is 3.31. The fourth-order valence-electron chi connectivity index (χ4n) is 3.50. The van der Waals surface area contributed by atoms with E-state index in [0.29, 0.717) is 12.0 Å². The van der Waals surface area contributed by atoms with Crippen molar-refractivity contribution in [3.63, 3.8) is 0 Å². The molecule has 2 heteroatoms. The van der Waals surface area contributed by atoms with E-state index in [2.05, 4.69) is 62.3 Å². The molecule has 0 saturated carbocycles. The molecule has 2 nitrogen and oxygen atoms in total. The van der Waals surface area contributed by atoms with E-state index in [0.717, 1.165) is 12.6 Å².